The molecular weight excluding hydrogens is 286 g/mol. The van der Waals surface area contributed by atoms with Crippen LogP contribution in [0.2, 0.25) is 0 Å². The SMILES string of the molecule is O=[N+]([O-])c1cc(Br)ccc1CC1CCOCC1. The molecule has 1 fully saturated rings. The molecule has 1 aromatic rings. The molecule has 0 saturated carbocycles. The van der Waals surface area contributed by atoms with Gasteiger partial charge >= 0.3 is 0 Å². The minimum Gasteiger partial charge on any atom is -0.381 e. The van der Waals surface area contributed by atoms with Crippen LogP contribution in [-0.2, 0) is 11.2 Å². The van der Waals surface area contributed by atoms with Crippen LogP contribution >= 0.6 is 15.9 Å². The summed E-state index contributed by atoms with van der Waals surface area (Å²) < 4.78 is 6.04. The Labute approximate surface area is 108 Å². The lowest BCUT2D eigenvalue weighted by molar-refractivity contribution is -0.385. The largest absolute Gasteiger partial charge is 0.381 e. The van der Waals surface area contributed by atoms with E-state index in [1.165, 1.54) is 0 Å². The summed E-state index contributed by atoms with van der Waals surface area (Å²) in [5, 5.41) is 11.0. The molecule has 5 heteroatoms. The van der Waals surface area contributed by atoms with Gasteiger partial charge < -0.3 is 4.74 Å². The third-order valence-corrected chi connectivity index (χ3v) is 3.59. The molecule has 0 atom stereocenters. The Morgan fingerprint density at radius 2 is 2.12 bits per heavy atom. The minimum atomic E-state index is -0.306. The van der Waals surface area contributed by atoms with Gasteiger partial charge in [0, 0.05) is 29.3 Å². The number of nitro groups is 1. The maximum Gasteiger partial charge on any atom is 0.273 e. The Bertz CT molecular complexity index is 416. The van der Waals surface area contributed by atoms with Crippen LogP contribution in [0.5, 0.6) is 0 Å². The van der Waals surface area contributed by atoms with Crippen molar-refractivity contribution in [1.82, 2.24) is 0 Å². The Balaban J connectivity index is 2.16. The van der Waals surface area contributed by atoms with E-state index in [1.54, 1.807) is 6.07 Å². The zero-order chi connectivity index (χ0) is 12.3. The van der Waals surface area contributed by atoms with Gasteiger partial charge in [-0.15, -0.1) is 0 Å². The molecule has 0 aromatic heterocycles. The van der Waals surface area contributed by atoms with Crippen molar-refractivity contribution in [2.45, 2.75) is 19.3 Å². The van der Waals surface area contributed by atoms with Crippen molar-refractivity contribution in [3.05, 3.63) is 38.3 Å². The van der Waals surface area contributed by atoms with Crippen molar-refractivity contribution >= 4 is 21.6 Å². The van der Waals surface area contributed by atoms with Gasteiger partial charge in [0.2, 0.25) is 0 Å². The highest BCUT2D eigenvalue weighted by molar-refractivity contribution is 9.10. The quantitative estimate of drug-likeness (QED) is 0.635. The lowest BCUT2D eigenvalue weighted by Crippen LogP contribution is -2.18. The van der Waals surface area contributed by atoms with Crippen LogP contribution in [0.25, 0.3) is 0 Å². The smallest absolute Gasteiger partial charge is 0.273 e. The number of hydrogen-bond acceptors (Lipinski definition) is 3. The van der Waals surface area contributed by atoms with E-state index < -0.39 is 0 Å². The van der Waals surface area contributed by atoms with Crippen LogP contribution in [0.15, 0.2) is 22.7 Å². The molecule has 1 saturated heterocycles. The maximum atomic E-state index is 11.0. The van der Waals surface area contributed by atoms with E-state index in [4.69, 9.17) is 4.74 Å². The monoisotopic (exact) mass is 299 g/mol. The molecule has 1 heterocycles. The number of rotatable bonds is 3. The van der Waals surface area contributed by atoms with Crippen molar-refractivity contribution < 1.29 is 9.66 Å². The van der Waals surface area contributed by atoms with Crippen LogP contribution in [0.4, 0.5) is 5.69 Å². The van der Waals surface area contributed by atoms with Gasteiger partial charge in [0.1, 0.15) is 0 Å². The first-order valence-electron chi connectivity index (χ1n) is 5.67. The highest BCUT2D eigenvalue weighted by atomic mass is 79.9. The molecule has 0 bridgehead atoms. The summed E-state index contributed by atoms with van der Waals surface area (Å²) in [6.07, 6.45) is 2.76. The van der Waals surface area contributed by atoms with Crippen molar-refractivity contribution in [2.24, 2.45) is 5.92 Å². The molecule has 0 aliphatic carbocycles. The van der Waals surface area contributed by atoms with Gasteiger partial charge in [0.05, 0.1) is 4.92 Å². The predicted molar refractivity (Wildman–Crippen MR) is 68.0 cm³/mol. The standard InChI is InChI=1S/C12H14BrNO3/c13-11-2-1-10(12(8-11)14(15)16)7-9-3-5-17-6-4-9/h1-2,8-9H,3-7H2. The molecular formula is C12H14BrNO3. The van der Waals surface area contributed by atoms with E-state index >= 15 is 0 Å². The summed E-state index contributed by atoms with van der Waals surface area (Å²) in [7, 11) is 0. The van der Waals surface area contributed by atoms with Crippen molar-refractivity contribution in [3.8, 4) is 0 Å². The fraction of sp³-hybridized carbons (Fsp3) is 0.500. The van der Waals surface area contributed by atoms with Crippen LogP contribution in [-0.4, -0.2) is 18.1 Å². The van der Waals surface area contributed by atoms with Gasteiger partial charge in [-0.3, -0.25) is 10.1 Å². The van der Waals surface area contributed by atoms with Crippen LogP contribution in [0.1, 0.15) is 18.4 Å². The zero-order valence-corrected chi connectivity index (χ0v) is 11.0. The third-order valence-electron chi connectivity index (χ3n) is 3.09. The van der Waals surface area contributed by atoms with Gasteiger partial charge in [-0.2, -0.15) is 0 Å². The number of halogens is 1. The maximum absolute atomic E-state index is 11.0. The molecule has 0 amide bonds. The van der Waals surface area contributed by atoms with E-state index in [9.17, 15) is 10.1 Å². The summed E-state index contributed by atoms with van der Waals surface area (Å²) in [4.78, 5) is 10.7. The lowest BCUT2D eigenvalue weighted by Gasteiger charge is -2.21. The fourth-order valence-electron chi connectivity index (χ4n) is 2.14. The molecule has 0 N–H and O–H groups in total. The number of benzene rings is 1. The molecule has 1 aliphatic heterocycles. The Morgan fingerprint density at radius 3 is 2.76 bits per heavy atom. The van der Waals surface area contributed by atoms with Crippen molar-refractivity contribution in [3.63, 3.8) is 0 Å². The number of ether oxygens (including phenoxy) is 1. The fourth-order valence-corrected chi connectivity index (χ4v) is 2.49. The summed E-state index contributed by atoms with van der Waals surface area (Å²) in [5.74, 6) is 0.503. The Morgan fingerprint density at radius 1 is 1.41 bits per heavy atom. The molecule has 0 radical (unpaired) electrons. The molecule has 4 nitrogen and oxygen atoms in total. The highest BCUT2D eigenvalue weighted by Crippen LogP contribution is 2.28. The summed E-state index contributed by atoms with van der Waals surface area (Å²) in [6.45, 7) is 1.55. The van der Waals surface area contributed by atoms with Gasteiger partial charge in [-0.25, -0.2) is 0 Å². The second-order valence-electron chi connectivity index (χ2n) is 4.29. The molecule has 1 aromatic carbocycles. The molecule has 0 unspecified atom stereocenters. The molecule has 0 spiro atoms. The van der Waals surface area contributed by atoms with E-state index in [0.717, 1.165) is 42.5 Å². The Kier molecular flexibility index (Phi) is 4.12. The number of nitrogens with zero attached hydrogens (tertiary/aromatic N) is 1. The first kappa shape index (κ1) is 12.5. The zero-order valence-electron chi connectivity index (χ0n) is 9.39. The number of nitro benzene ring substituents is 1. The summed E-state index contributed by atoms with van der Waals surface area (Å²) >= 11 is 3.27. The van der Waals surface area contributed by atoms with Crippen LogP contribution in [0.3, 0.4) is 0 Å². The second kappa shape index (κ2) is 5.60. The van der Waals surface area contributed by atoms with E-state index in [0.29, 0.717) is 5.92 Å². The molecule has 1 aliphatic rings. The minimum absolute atomic E-state index is 0.214. The lowest BCUT2D eigenvalue weighted by atomic mass is 9.92. The van der Waals surface area contributed by atoms with Gasteiger partial charge in [-0.05, 0) is 31.2 Å². The van der Waals surface area contributed by atoms with Crippen molar-refractivity contribution in [2.75, 3.05) is 13.2 Å². The van der Waals surface area contributed by atoms with Crippen LogP contribution in [0, 0.1) is 16.0 Å². The van der Waals surface area contributed by atoms with E-state index in [1.807, 2.05) is 12.1 Å². The molecule has 92 valence electrons. The topological polar surface area (TPSA) is 52.4 Å². The second-order valence-corrected chi connectivity index (χ2v) is 5.21. The van der Waals surface area contributed by atoms with Gasteiger partial charge in [-0.1, -0.05) is 22.0 Å². The first-order valence-corrected chi connectivity index (χ1v) is 6.46. The average molecular weight is 300 g/mol. The van der Waals surface area contributed by atoms with Crippen molar-refractivity contribution in [1.29, 1.82) is 0 Å². The first-order chi connectivity index (χ1) is 8.16. The number of hydrogen-bond donors (Lipinski definition) is 0. The van der Waals surface area contributed by atoms with Gasteiger partial charge in [0.15, 0.2) is 0 Å². The summed E-state index contributed by atoms with van der Waals surface area (Å²) in [5.41, 5.74) is 1.04. The normalized spacial score (nSPS) is 17.0. The van der Waals surface area contributed by atoms with Crippen LogP contribution < -0.4 is 0 Å². The van der Waals surface area contributed by atoms with E-state index in [-0.39, 0.29) is 10.6 Å². The van der Waals surface area contributed by atoms with E-state index in [2.05, 4.69) is 15.9 Å². The third kappa shape index (κ3) is 3.26. The Hall–Kier alpha value is -0.940. The molecule has 17 heavy (non-hydrogen) atoms. The average Bonchev–Trinajstić information content (AvgIpc) is 2.32. The van der Waals surface area contributed by atoms with Gasteiger partial charge in [0.25, 0.3) is 5.69 Å². The molecule has 2 rings (SSSR count). The predicted octanol–water partition coefficient (Wildman–Crippen LogP) is 3.33. The highest BCUT2D eigenvalue weighted by Gasteiger charge is 2.20. The summed E-state index contributed by atoms with van der Waals surface area (Å²) in [6, 6.07) is 5.29.